The predicted octanol–water partition coefficient (Wildman–Crippen LogP) is 1.53. The number of carbonyl (C=O) groups excluding carboxylic acids is 6. The van der Waals surface area contributed by atoms with Crippen LogP contribution in [-0.2, 0) is 42.8 Å². The van der Waals surface area contributed by atoms with Gasteiger partial charge in [-0.3, -0.25) is 33.7 Å². The molecule has 278 valence electrons. The molecule has 0 aromatic heterocycles. The van der Waals surface area contributed by atoms with Crippen LogP contribution in [0.25, 0.3) is 0 Å². The standard InChI is InChI=1S/C33H56N5O10P/c1-7-23(2)31(36(4)30(43)20-34-21-39)26(46-5)19-29(42)37-17-12-13-25(37)32(47-6)24(3)33(44)35-22-49(45)48-18-11-9-8-10-16-38-27(40)14-15-28(38)41/h14-15,21,23-26,31-32,45H,7-13,16-20,22H2,1-6H3,(H,34,39)(H,35,44). The van der Waals surface area contributed by atoms with E-state index >= 15 is 0 Å². The van der Waals surface area contributed by atoms with Crippen molar-refractivity contribution >= 4 is 44.3 Å². The van der Waals surface area contributed by atoms with Crippen molar-refractivity contribution in [3.63, 3.8) is 0 Å². The van der Waals surface area contributed by atoms with Crippen LogP contribution in [0.4, 0.5) is 0 Å². The number of carbonyl (C=O) groups is 6. The molecule has 2 aliphatic heterocycles. The second-order valence-electron chi connectivity index (χ2n) is 12.6. The molecule has 0 spiro atoms. The van der Waals surface area contributed by atoms with Gasteiger partial charge in [0.05, 0.1) is 56.1 Å². The molecule has 2 aliphatic rings. The summed E-state index contributed by atoms with van der Waals surface area (Å²) in [6.07, 6.45) is 6.94. The Kier molecular flexibility index (Phi) is 18.9. The van der Waals surface area contributed by atoms with Crippen LogP contribution in [0.5, 0.6) is 0 Å². The lowest BCUT2D eigenvalue weighted by atomic mass is 9.90. The van der Waals surface area contributed by atoms with Crippen molar-refractivity contribution < 1.29 is 47.7 Å². The molecule has 1 fully saturated rings. The van der Waals surface area contributed by atoms with E-state index in [4.69, 9.17) is 14.0 Å². The third-order valence-corrected chi connectivity index (χ3v) is 10.4. The largest absolute Gasteiger partial charge is 0.379 e. The average molecular weight is 714 g/mol. The number of likely N-dealkylation sites (tertiary alicyclic amines) is 1. The number of likely N-dealkylation sites (N-methyl/N-ethyl adjacent to an activating group) is 1. The molecule has 6 amide bonds. The van der Waals surface area contributed by atoms with E-state index in [1.807, 2.05) is 13.8 Å². The number of nitrogens with zero attached hydrogens (tertiary/aromatic N) is 3. The second kappa shape index (κ2) is 22.0. The molecule has 0 saturated carbocycles. The number of ether oxygens (including phenoxy) is 2. The summed E-state index contributed by atoms with van der Waals surface area (Å²) in [5.74, 6) is -1.96. The molecule has 2 heterocycles. The zero-order valence-corrected chi connectivity index (χ0v) is 30.7. The number of rotatable bonds is 24. The summed E-state index contributed by atoms with van der Waals surface area (Å²) in [5.41, 5.74) is 0. The number of hydrogen-bond acceptors (Lipinski definition) is 10. The van der Waals surface area contributed by atoms with Crippen molar-refractivity contribution in [2.75, 3.05) is 53.8 Å². The van der Waals surface area contributed by atoms with Gasteiger partial charge in [0.15, 0.2) is 8.38 Å². The molecule has 0 aromatic rings. The maximum Gasteiger partial charge on any atom is 0.253 e. The lowest BCUT2D eigenvalue weighted by Crippen LogP contribution is -2.54. The second-order valence-corrected chi connectivity index (χ2v) is 13.9. The third-order valence-electron chi connectivity index (χ3n) is 9.45. The number of methoxy groups -OCH3 is 2. The maximum absolute atomic E-state index is 13.8. The number of hydrogen-bond donors (Lipinski definition) is 3. The molecular weight excluding hydrogens is 657 g/mol. The van der Waals surface area contributed by atoms with E-state index in [2.05, 4.69) is 10.6 Å². The monoisotopic (exact) mass is 713 g/mol. The summed E-state index contributed by atoms with van der Waals surface area (Å²) in [5, 5.41) is 5.15. The van der Waals surface area contributed by atoms with Gasteiger partial charge in [0.1, 0.15) is 0 Å². The lowest BCUT2D eigenvalue weighted by molar-refractivity contribution is -0.145. The zero-order chi connectivity index (χ0) is 36.5. The molecule has 0 radical (unpaired) electrons. The van der Waals surface area contributed by atoms with Crippen molar-refractivity contribution in [2.45, 2.75) is 96.4 Å². The Morgan fingerprint density at radius 2 is 1.78 bits per heavy atom. The van der Waals surface area contributed by atoms with E-state index in [-0.39, 0.29) is 60.7 Å². The van der Waals surface area contributed by atoms with E-state index in [1.54, 1.807) is 23.8 Å². The van der Waals surface area contributed by atoms with Crippen molar-refractivity contribution in [2.24, 2.45) is 11.8 Å². The Morgan fingerprint density at radius 3 is 2.39 bits per heavy atom. The Labute approximate surface area is 291 Å². The van der Waals surface area contributed by atoms with Crippen LogP contribution >= 0.6 is 8.38 Å². The van der Waals surface area contributed by atoms with Crippen molar-refractivity contribution in [1.82, 2.24) is 25.3 Å². The van der Waals surface area contributed by atoms with Gasteiger partial charge in [0.2, 0.25) is 24.1 Å². The van der Waals surface area contributed by atoms with Gasteiger partial charge in [-0.05, 0) is 31.6 Å². The number of amides is 6. The Bertz CT molecular complexity index is 1130. The van der Waals surface area contributed by atoms with E-state index in [1.165, 1.54) is 31.3 Å². The Morgan fingerprint density at radius 1 is 1.10 bits per heavy atom. The van der Waals surface area contributed by atoms with Crippen LogP contribution in [0.2, 0.25) is 0 Å². The summed E-state index contributed by atoms with van der Waals surface area (Å²) in [6, 6.07) is -0.755. The fourth-order valence-electron chi connectivity index (χ4n) is 6.48. The summed E-state index contributed by atoms with van der Waals surface area (Å²) < 4.78 is 17.1. The average Bonchev–Trinajstić information content (AvgIpc) is 3.71. The van der Waals surface area contributed by atoms with Gasteiger partial charge in [-0.2, -0.15) is 0 Å². The highest BCUT2D eigenvalue weighted by molar-refractivity contribution is 7.46. The van der Waals surface area contributed by atoms with Crippen LogP contribution < -0.4 is 10.6 Å². The molecule has 1 saturated heterocycles. The summed E-state index contributed by atoms with van der Waals surface area (Å²) in [4.78, 5) is 88.4. The van der Waals surface area contributed by atoms with Gasteiger partial charge in [-0.1, -0.05) is 40.0 Å². The first-order valence-corrected chi connectivity index (χ1v) is 18.5. The molecule has 0 bridgehead atoms. The van der Waals surface area contributed by atoms with Gasteiger partial charge in [-0.15, -0.1) is 0 Å². The highest BCUT2D eigenvalue weighted by Gasteiger charge is 2.42. The molecule has 7 unspecified atom stereocenters. The smallest absolute Gasteiger partial charge is 0.253 e. The van der Waals surface area contributed by atoms with Crippen LogP contribution in [-0.4, -0.2) is 134 Å². The summed E-state index contributed by atoms with van der Waals surface area (Å²) >= 11 is 0. The van der Waals surface area contributed by atoms with Crippen LogP contribution in [0.3, 0.4) is 0 Å². The topological polar surface area (TPSA) is 184 Å². The highest BCUT2D eigenvalue weighted by Crippen LogP contribution is 2.32. The van der Waals surface area contributed by atoms with Gasteiger partial charge < -0.3 is 39.3 Å². The number of nitrogens with one attached hydrogen (secondary N) is 2. The first-order valence-electron chi connectivity index (χ1n) is 17.1. The predicted molar refractivity (Wildman–Crippen MR) is 183 cm³/mol. The lowest BCUT2D eigenvalue weighted by Gasteiger charge is -2.39. The molecule has 3 N–H and O–H groups in total. The van der Waals surface area contributed by atoms with E-state index in [0.717, 1.165) is 25.7 Å². The fraction of sp³-hybridized carbons (Fsp3) is 0.758. The normalized spacial score (nSPS) is 19.7. The van der Waals surface area contributed by atoms with Crippen molar-refractivity contribution in [3.05, 3.63) is 12.2 Å². The van der Waals surface area contributed by atoms with E-state index < -0.39 is 32.5 Å². The molecule has 49 heavy (non-hydrogen) atoms. The van der Waals surface area contributed by atoms with Crippen molar-refractivity contribution in [1.29, 1.82) is 0 Å². The van der Waals surface area contributed by atoms with E-state index in [0.29, 0.717) is 45.4 Å². The highest BCUT2D eigenvalue weighted by atomic mass is 31.2. The SMILES string of the molecule is CCC(C)C(C(CC(=O)N1CCCC1C(OC)C(C)C(=O)NCP(O)OCCCCCCN1C(=O)C=CC1=O)OC)N(C)C(=O)CNC=O. The van der Waals surface area contributed by atoms with Crippen LogP contribution in [0.15, 0.2) is 12.2 Å². The Hall–Kier alpha value is -2.97. The molecule has 0 aliphatic carbocycles. The maximum atomic E-state index is 13.8. The van der Waals surface area contributed by atoms with Gasteiger partial charge in [-0.25, -0.2) is 0 Å². The van der Waals surface area contributed by atoms with Gasteiger partial charge in [0.25, 0.3) is 11.8 Å². The number of imide groups is 1. The van der Waals surface area contributed by atoms with E-state index in [9.17, 15) is 33.7 Å². The first kappa shape index (κ1) is 42.2. The van der Waals surface area contributed by atoms with Gasteiger partial charge >= 0.3 is 0 Å². The van der Waals surface area contributed by atoms with Crippen LogP contribution in [0, 0.1) is 11.8 Å². The molecule has 15 nitrogen and oxygen atoms in total. The fourth-order valence-corrected chi connectivity index (χ4v) is 7.20. The molecule has 16 heteroatoms. The van der Waals surface area contributed by atoms with Crippen LogP contribution in [0.1, 0.15) is 72.1 Å². The molecule has 0 aromatic carbocycles. The minimum atomic E-state index is -1.88. The van der Waals surface area contributed by atoms with Crippen molar-refractivity contribution in [3.8, 4) is 0 Å². The zero-order valence-electron chi connectivity index (χ0n) is 29.8. The minimum Gasteiger partial charge on any atom is -0.379 e. The Balaban J connectivity index is 1.86. The molecular formula is C33H56N5O10P. The summed E-state index contributed by atoms with van der Waals surface area (Å²) in [6.45, 7) is 6.77. The first-order chi connectivity index (χ1) is 23.4. The van der Waals surface area contributed by atoms with Gasteiger partial charge in [0, 0.05) is 46.5 Å². The number of unbranched alkanes of at least 4 members (excludes halogenated alkanes) is 3. The third kappa shape index (κ3) is 12.7. The summed E-state index contributed by atoms with van der Waals surface area (Å²) in [7, 11) is 2.80. The molecule has 7 atom stereocenters. The minimum absolute atomic E-state index is 0.0115. The quantitative estimate of drug-likeness (QED) is 0.0574. The molecule has 2 rings (SSSR count).